The normalized spacial score (nSPS) is 14.3. The number of carbonyl (C=O) groups is 2. The second kappa shape index (κ2) is 5.46. The number of carboxylic acids is 2. The minimum atomic E-state index is -1.54. The van der Waals surface area contributed by atoms with Gasteiger partial charge >= 0.3 is 11.9 Å². The van der Waals surface area contributed by atoms with E-state index in [1.54, 1.807) is 0 Å². The molecule has 0 aromatic carbocycles. The van der Waals surface area contributed by atoms with E-state index in [1.807, 2.05) is 0 Å². The van der Waals surface area contributed by atoms with Gasteiger partial charge in [-0.05, 0) is 0 Å². The van der Waals surface area contributed by atoms with Gasteiger partial charge in [0.25, 0.3) is 0 Å². The summed E-state index contributed by atoms with van der Waals surface area (Å²) >= 11 is 21.1. The van der Waals surface area contributed by atoms with E-state index >= 15 is 0 Å². The monoisotopic (exact) mass is 278 g/mol. The highest BCUT2D eigenvalue weighted by molar-refractivity contribution is 6.56. The van der Waals surface area contributed by atoms with Crippen LogP contribution in [0.5, 0.6) is 0 Å². The van der Waals surface area contributed by atoms with Crippen molar-refractivity contribution in [3.8, 4) is 0 Å². The number of aliphatic carboxylic acids is 2. The number of allylic oxidation sites excluding steroid dienone is 2. The number of hydrogen-bond acceptors (Lipinski definition) is 2. The van der Waals surface area contributed by atoms with Crippen LogP contribution in [0.3, 0.4) is 0 Å². The first-order valence-corrected chi connectivity index (χ1v) is 4.37. The molecule has 0 aliphatic rings. The second-order valence-electron chi connectivity index (χ2n) is 1.87. The molecule has 0 aromatic heterocycles. The van der Waals surface area contributed by atoms with E-state index < -0.39 is 32.1 Å². The van der Waals surface area contributed by atoms with Gasteiger partial charge in [0.2, 0.25) is 0 Å². The second-order valence-corrected chi connectivity index (χ2v) is 3.38. The van der Waals surface area contributed by atoms with Crippen LogP contribution in [0.25, 0.3) is 0 Å². The van der Waals surface area contributed by atoms with E-state index in [-0.39, 0.29) is 0 Å². The van der Waals surface area contributed by atoms with E-state index in [2.05, 4.69) is 0 Å². The lowest BCUT2D eigenvalue weighted by Gasteiger charge is -1.99. The highest BCUT2D eigenvalue weighted by Gasteiger charge is 2.18. The zero-order valence-electron chi connectivity index (χ0n) is 6.22. The molecule has 0 bridgehead atoms. The third-order valence-corrected chi connectivity index (χ3v) is 2.70. The first-order valence-electron chi connectivity index (χ1n) is 2.86. The summed E-state index contributed by atoms with van der Waals surface area (Å²) in [5.41, 5.74) is 0. The predicted molar refractivity (Wildman–Crippen MR) is 52.7 cm³/mol. The van der Waals surface area contributed by atoms with E-state index in [9.17, 15) is 9.59 Å². The minimum Gasteiger partial charge on any atom is -0.477 e. The molecule has 0 amide bonds. The number of rotatable bonds is 3. The molecule has 0 saturated carbocycles. The summed E-state index contributed by atoms with van der Waals surface area (Å²) in [6, 6.07) is 0. The lowest BCUT2D eigenvalue weighted by Crippen LogP contribution is -2.00. The van der Waals surface area contributed by atoms with Crippen molar-refractivity contribution in [2.24, 2.45) is 0 Å². The molecule has 0 saturated heterocycles. The maximum Gasteiger partial charge on any atom is 0.348 e. The Kier molecular flexibility index (Phi) is 5.29. The Morgan fingerprint density at radius 3 is 1.00 bits per heavy atom. The third kappa shape index (κ3) is 3.38. The zero-order chi connectivity index (χ0) is 11.5. The maximum atomic E-state index is 10.3. The predicted octanol–water partition coefficient (Wildman–Crippen LogP) is 2.53. The van der Waals surface area contributed by atoms with Crippen LogP contribution >= 0.6 is 46.4 Å². The number of carboxylic acid groups (broad SMARTS) is 2. The van der Waals surface area contributed by atoms with Crippen LogP contribution in [0.1, 0.15) is 0 Å². The van der Waals surface area contributed by atoms with Crippen LogP contribution < -0.4 is 0 Å². The lowest BCUT2D eigenvalue weighted by atomic mass is 10.4. The number of halogens is 4. The molecule has 0 aliphatic carbocycles. The Hall–Kier alpha value is -0.420. The summed E-state index contributed by atoms with van der Waals surface area (Å²) in [6.07, 6.45) is 0. The highest BCUT2D eigenvalue weighted by Crippen LogP contribution is 2.29. The molecular weight excluding hydrogens is 278 g/mol. The van der Waals surface area contributed by atoms with E-state index in [0.717, 1.165) is 0 Å². The van der Waals surface area contributed by atoms with Gasteiger partial charge in [0.15, 0.2) is 0 Å². The first-order chi connectivity index (χ1) is 6.29. The van der Waals surface area contributed by atoms with Gasteiger partial charge in [-0.15, -0.1) is 0 Å². The molecule has 0 aliphatic heterocycles. The molecule has 2 N–H and O–H groups in total. The maximum absolute atomic E-state index is 10.3. The molecule has 8 heteroatoms. The molecule has 4 nitrogen and oxygen atoms in total. The van der Waals surface area contributed by atoms with E-state index in [1.165, 1.54) is 0 Å². The summed E-state index contributed by atoms with van der Waals surface area (Å²) < 4.78 is 0. The standard InChI is InChI=1S/C6H2Cl4O4/c7-1(3(9)5(11)12)2(8)4(10)6(13)14/h(H,11,12)(H,13,14)/b3-1+,4-2+. The van der Waals surface area contributed by atoms with Gasteiger partial charge in [-0.1, -0.05) is 46.4 Å². The van der Waals surface area contributed by atoms with Gasteiger partial charge in [0.1, 0.15) is 10.1 Å². The fourth-order valence-corrected chi connectivity index (χ4v) is 1.02. The van der Waals surface area contributed by atoms with Gasteiger partial charge in [-0.2, -0.15) is 0 Å². The van der Waals surface area contributed by atoms with Crippen LogP contribution in [0, 0.1) is 0 Å². The highest BCUT2D eigenvalue weighted by atomic mass is 35.5. The first kappa shape index (κ1) is 13.6. The van der Waals surface area contributed by atoms with E-state index in [0.29, 0.717) is 0 Å². The van der Waals surface area contributed by atoms with Crippen molar-refractivity contribution >= 4 is 58.3 Å². The van der Waals surface area contributed by atoms with Crippen molar-refractivity contribution in [2.45, 2.75) is 0 Å². The van der Waals surface area contributed by atoms with Crippen LogP contribution in [-0.4, -0.2) is 22.2 Å². The molecule has 14 heavy (non-hydrogen) atoms. The topological polar surface area (TPSA) is 74.6 Å². The molecule has 0 heterocycles. The molecule has 0 fully saturated rings. The summed E-state index contributed by atoms with van der Waals surface area (Å²) in [4.78, 5) is 20.6. The fourth-order valence-electron chi connectivity index (χ4n) is 0.380. The Morgan fingerprint density at radius 2 is 0.857 bits per heavy atom. The molecule has 0 aromatic rings. The van der Waals surface area contributed by atoms with Crippen molar-refractivity contribution in [2.75, 3.05) is 0 Å². The Morgan fingerprint density at radius 1 is 0.643 bits per heavy atom. The van der Waals surface area contributed by atoms with Gasteiger partial charge in [-0.25, -0.2) is 9.59 Å². The Labute approximate surface area is 98.3 Å². The lowest BCUT2D eigenvalue weighted by molar-refractivity contribution is -0.133. The average Bonchev–Trinajstić information content (AvgIpc) is 2.12. The summed E-state index contributed by atoms with van der Waals surface area (Å²) in [6.45, 7) is 0. The van der Waals surface area contributed by atoms with Gasteiger partial charge in [0, 0.05) is 0 Å². The summed E-state index contributed by atoms with van der Waals surface area (Å²) in [5, 5.41) is 13.9. The van der Waals surface area contributed by atoms with Crippen molar-refractivity contribution < 1.29 is 19.8 Å². The minimum absolute atomic E-state index is 0.631. The van der Waals surface area contributed by atoms with Gasteiger partial charge in [-0.3, -0.25) is 0 Å². The molecule has 0 unspecified atom stereocenters. The summed E-state index contributed by atoms with van der Waals surface area (Å²) in [5.74, 6) is -3.07. The smallest absolute Gasteiger partial charge is 0.348 e. The Balaban J connectivity index is 5.35. The molecule has 78 valence electrons. The van der Waals surface area contributed by atoms with E-state index in [4.69, 9.17) is 56.6 Å². The van der Waals surface area contributed by atoms with Crippen LogP contribution in [0.2, 0.25) is 0 Å². The van der Waals surface area contributed by atoms with Gasteiger partial charge < -0.3 is 10.2 Å². The zero-order valence-corrected chi connectivity index (χ0v) is 9.25. The van der Waals surface area contributed by atoms with Crippen LogP contribution in [0.4, 0.5) is 0 Å². The van der Waals surface area contributed by atoms with Crippen molar-refractivity contribution in [1.29, 1.82) is 0 Å². The molecular formula is C6H2Cl4O4. The molecule has 0 rings (SSSR count). The van der Waals surface area contributed by atoms with Crippen LogP contribution in [0.15, 0.2) is 20.1 Å². The molecule has 0 radical (unpaired) electrons. The summed E-state index contributed by atoms with van der Waals surface area (Å²) in [7, 11) is 0. The largest absolute Gasteiger partial charge is 0.477 e. The van der Waals surface area contributed by atoms with Crippen molar-refractivity contribution in [3.63, 3.8) is 0 Å². The van der Waals surface area contributed by atoms with Crippen molar-refractivity contribution in [1.82, 2.24) is 0 Å². The van der Waals surface area contributed by atoms with Crippen LogP contribution in [-0.2, 0) is 9.59 Å². The van der Waals surface area contributed by atoms with Crippen molar-refractivity contribution in [3.05, 3.63) is 20.1 Å². The van der Waals surface area contributed by atoms with Gasteiger partial charge in [0.05, 0.1) is 10.1 Å². The average molecular weight is 280 g/mol. The molecule has 0 spiro atoms. The molecule has 0 atom stereocenters. The third-order valence-electron chi connectivity index (χ3n) is 0.954. The fraction of sp³-hybridized carbons (Fsp3) is 0. The Bertz CT molecular complexity index is 310. The SMILES string of the molecule is O=C(O)/C(Cl)=C(Cl)/C(Cl)=C(\Cl)C(=O)O. The number of hydrogen-bond donors (Lipinski definition) is 2. The quantitative estimate of drug-likeness (QED) is 0.615.